The lowest BCUT2D eigenvalue weighted by molar-refractivity contribution is 0.103. The summed E-state index contributed by atoms with van der Waals surface area (Å²) in [5.41, 5.74) is 2.89. The molecule has 0 aliphatic carbocycles. The second-order valence-electron chi connectivity index (χ2n) is 5.68. The number of hydrogen-bond donors (Lipinski definition) is 1. The molecule has 4 rings (SSSR count). The maximum Gasteiger partial charge on any atom is 0.269 e. The molecule has 3 aromatic heterocycles. The lowest BCUT2D eigenvalue weighted by Gasteiger charge is -1.99. The average molecular weight is 396 g/mol. The topological polar surface area (TPSA) is 67.8 Å². The number of hydrogen-bond acceptors (Lipinski definition) is 6. The fourth-order valence-corrected chi connectivity index (χ4v) is 4.16. The number of carbonyl (C=O) groups is 1. The van der Waals surface area contributed by atoms with Crippen molar-refractivity contribution in [1.82, 2.24) is 15.0 Å². The Hall–Kier alpha value is -2.97. The molecule has 0 bridgehead atoms. The molecular weight excluding hydrogens is 383 g/mol. The Balaban J connectivity index is 1.55. The van der Waals surface area contributed by atoms with E-state index in [0.29, 0.717) is 26.3 Å². The van der Waals surface area contributed by atoms with Crippen LogP contribution >= 0.6 is 22.7 Å². The van der Waals surface area contributed by atoms with Crippen LogP contribution in [0, 0.1) is 12.7 Å². The van der Waals surface area contributed by atoms with Crippen LogP contribution in [0.25, 0.3) is 21.8 Å². The largest absolute Gasteiger partial charge is 0.297 e. The van der Waals surface area contributed by atoms with Gasteiger partial charge in [-0.05, 0) is 31.2 Å². The zero-order chi connectivity index (χ0) is 18.8. The van der Waals surface area contributed by atoms with Crippen LogP contribution in [0.2, 0.25) is 0 Å². The van der Waals surface area contributed by atoms with E-state index in [9.17, 15) is 9.18 Å². The van der Waals surface area contributed by atoms with E-state index in [-0.39, 0.29) is 11.7 Å². The molecule has 134 valence electrons. The monoisotopic (exact) mass is 396 g/mol. The third-order valence-corrected chi connectivity index (χ3v) is 5.72. The minimum atomic E-state index is -0.336. The van der Waals surface area contributed by atoms with E-state index >= 15 is 0 Å². The molecule has 8 heteroatoms. The predicted octanol–water partition coefficient (Wildman–Crippen LogP) is 5.03. The highest BCUT2D eigenvalue weighted by atomic mass is 32.1. The standard InChI is InChI=1S/C19H13FN4OS2/c1-11-16(27-18(22-11)12-4-2-6-14(20)8-12)17(25)24-19-23-15(10-26-19)13-5-3-7-21-9-13/h2-10H,1H3,(H,23,24,25). The summed E-state index contributed by atoms with van der Waals surface area (Å²) in [4.78, 5) is 26.0. The highest BCUT2D eigenvalue weighted by molar-refractivity contribution is 7.17. The molecule has 0 fully saturated rings. The quantitative estimate of drug-likeness (QED) is 0.525. The maximum absolute atomic E-state index is 13.4. The molecule has 0 atom stereocenters. The average Bonchev–Trinajstić information content (AvgIpc) is 3.29. The molecule has 27 heavy (non-hydrogen) atoms. The van der Waals surface area contributed by atoms with Crippen LogP contribution in [0.4, 0.5) is 9.52 Å². The second kappa shape index (κ2) is 7.34. The van der Waals surface area contributed by atoms with Crippen LogP contribution in [0.3, 0.4) is 0 Å². The van der Waals surface area contributed by atoms with Crippen molar-refractivity contribution in [3.05, 3.63) is 70.6 Å². The summed E-state index contributed by atoms with van der Waals surface area (Å²) >= 11 is 2.57. The lowest BCUT2D eigenvalue weighted by atomic mass is 10.2. The molecular formula is C19H13FN4OS2. The minimum Gasteiger partial charge on any atom is -0.297 e. The lowest BCUT2D eigenvalue weighted by Crippen LogP contribution is -2.11. The van der Waals surface area contributed by atoms with Crippen molar-refractivity contribution in [2.45, 2.75) is 6.92 Å². The molecule has 0 saturated carbocycles. The van der Waals surface area contributed by atoms with Gasteiger partial charge in [-0.2, -0.15) is 0 Å². The molecule has 5 nitrogen and oxygen atoms in total. The van der Waals surface area contributed by atoms with Gasteiger partial charge in [0.1, 0.15) is 15.7 Å². The molecule has 1 aromatic carbocycles. The van der Waals surface area contributed by atoms with Gasteiger partial charge in [-0.1, -0.05) is 12.1 Å². The number of thiazole rings is 2. The molecule has 1 N–H and O–H groups in total. The number of aromatic nitrogens is 3. The van der Waals surface area contributed by atoms with Crippen molar-refractivity contribution < 1.29 is 9.18 Å². The highest BCUT2D eigenvalue weighted by Crippen LogP contribution is 2.30. The molecule has 0 aliphatic rings. The first kappa shape index (κ1) is 17.4. The zero-order valence-electron chi connectivity index (χ0n) is 14.1. The molecule has 0 aliphatic heterocycles. The van der Waals surface area contributed by atoms with E-state index in [1.165, 1.54) is 34.8 Å². The Morgan fingerprint density at radius 3 is 2.78 bits per heavy atom. The Bertz CT molecular complexity index is 1110. The third kappa shape index (κ3) is 3.76. The number of aryl methyl sites for hydroxylation is 1. The van der Waals surface area contributed by atoms with E-state index in [0.717, 1.165) is 11.3 Å². The van der Waals surface area contributed by atoms with Gasteiger partial charge in [0.15, 0.2) is 5.13 Å². The Labute approximate surface area is 162 Å². The summed E-state index contributed by atoms with van der Waals surface area (Å²) in [7, 11) is 0. The first-order valence-electron chi connectivity index (χ1n) is 8.01. The number of pyridine rings is 1. The highest BCUT2D eigenvalue weighted by Gasteiger charge is 2.18. The van der Waals surface area contributed by atoms with E-state index in [1.54, 1.807) is 31.5 Å². The van der Waals surface area contributed by atoms with Crippen LogP contribution in [0.15, 0.2) is 54.2 Å². The molecule has 0 radical (unpaired) electrons. The smallest absolute Gasteiger partial charge is 0.269 e. The van der Waals surface area contributed by atoms with Crippen LogP contribution in [0.1, 0.15) is 15.4 Å². The van der Waals surface area contributed by atoms with Crippen LogP contribution in [0.5, 0.6) is 0 Å². The summed E-state index contributed by atoms with van der Waals surface area (Å²) in [6, 6.07) is 9.91. The van der Waals surface area contributed by atoms with Crippen molar-refractivity contribution in [1.29, 1.82) is 0 Å². The summed E-state index contributed by atoms with van der Waals surface area (Å²) in [5.74, 6) is -0.614. The fourth-order valence-electron chi connectivity index (χ4n) is 2.48. The van der Waals surface area contributed by atoms with Gasteiger partial charge in [-0.3, -0.25) is 15.1 Å². The zero-order valence-corrected chi connectivity index (χ0v) is 15.8. The van der Waals surface area contributed by atoms with Crippen molar-refractivity contribution >= 4 is 33.7 Å². The number of halogens is 1. The molecule has 1 amide bonds. The summed E-state index contributed by atoms with van der Waals surface area (Å²) in [6.07, 6.45) is 3.42. The normalized spacial score (nSPS) is 10.7. The van der Waals surface area contributed by atoms with Gasteiger partial charge in [0.05, 0.1) is 11.4 Å². The van der Waals surface area contributed by atoms with Gasteiger partial charge < -0.3 is 0 Å². The van der Waals surface area contributed by atoms with Gasteiger partial charge in [0, 0.05) is 28.9 Å². The van der Waals surface area contributed by atoms with Gasteiger partial charge >= 0.3 is 0 Å². The Morgan fingerprint density at radius 2 is 2.00 bits per heavy atom. The predicted molar refractivity (Wildman–Crippen MR) is 106 cm³/mol. The maximum atomic E-state index is 13.4. The SMILES string of the molecule is Cc1nc(-c2cccc(F)c2)sc1C(=O)Nc1nc(-c2cccnc2)cs1. The first-order valence-corrected chi connectivity index (χ1v) is 9.70. The van der Waals surface area contributed by atoms with Crippen molar-refractivity contribution in [2.75, 3.05) is 5.32 Å². The van der Waals surface area contributed by atoms with Crippen molar-refractivity contribution in [3.8, 4) is 21.8 Å². The van der Waals surface area contributed by atoms with Gasteiger partial charge in [0.25, 0.3) is 5.91 Å². The van der Waals surface area contributed by atoms with E-state index in [1.807, 2.05) is 17.5 Å². The number of rotatable bonds is 4. The first-order chi connectivity index (χ1) is 13.1. The number of amides is 1. The van der Waals surface area contributed by atoms with E-state index in [2.05, 4.69) is 20.3 Å². The number of carbonyl (C=O) groups excluding carboxylic acids is 1. The fraction of sp³-hybridized carbons (Fsp3) is 0.0526. The Kier molecular flexibility index (Phi) is 4.74. The number of nitrogens with one attached hydrogen (secondary N) is 1. The number of nitrogens with zero attached hydrogens (tertiary/aromatic N) is 3. The van der Waals surface area contributed by atoms with Crippen molar-refractivity contribution in [3.63, 3.8) is 0 Å². The summed E-state index contributed by atoms with van der Waals surface area (Å²) in [6.45, 7) is 1.76. The van der Waals surface area contributed by atoms with Crippen LogP contribution in [-0.4, -0.2) is 20.9 Å². The minimum absolute atomic E-state index is 0.278. The van der Waals surface area contributed by atoms with Gasteiger partial charge in [0.2, 0.25) is 0 Å². The second-order valence-corrected chi connectivity index (χ2v) is 7.53. The molecule has 0 unspecified atom stereocenters. The molecule has 4 aromatic rings. The van der Waals surface area contributed by atoms with Crippen LogP contribution in [-0.2, 0) is 0 Å². The van der Waals surface area contributed by atoms with Crippen LogP contribution < -0.4 is 5.32 Å². The molecule has 0 saturated heterocycles. The van der Waals surface area contributed by atoms with E-state index in [4.69, 9.17) is 0 Å². The molecule has 3 heterocycles. The molecule has 0 spiro atoms. The number of anilines is 1. The van der Waals surface area contributed by atoms with Gasteiger partial charge in [-0.25, -0.2) is 14.4 Å². The third-order valence-electron chi connectivity index (χ3n) is 3.76. The van der Waals surface area contributed by atoms with Crippen molar-refractivity contribution in [2.24, 2.45) is 0 Å². The van der Waals surface area contributed by atoms with E-state index < -0.39 is 0 Å². The van der Waals surface area contributed by atoms with Gasteiger partial charge in [-0.15, -0.1) is 22.7 Å². The summed E-state index contributed by atoms with van der Waals surface area (Å²) < 4.78 is 13.4. The Morgan fingerprint density at radius 1 is 1.15 bits per heavy atom. The summed E-state index contributed by atoms with van der Waals surface area (Å²) in [5, 5.41) is 5.78. The number of benzene rings is 1.